The molecule has 0 aromatic heterocycles. The number of carbonyl (C=O) groups is 1. The number of halogens is 1. The Balaban J connectivity index is 2.36. The van der Waals surface area contributed by atoms with Crippen molar-refractivity contribution >= 4 is 21.8 Å². The Morgan fingerprint density at radius 2 is 2.14 bits per heavy atom. The fraction of sp³-hybridized carbons (Fsp3) is 0.909. The lowest BCUT2D eigenvalue weighted by Crippen LogP contribution is -2.39. The summed E-state index contributed by atoms with van der Waals surface area (Å²) in [5.41, 5.74) is 0. The van der Waals surface area contributed by atoms with E-state index in [0.29, 0.717) is 17.9 Å². The summed E-state index contributed by atoms with van der Waals surface area (Å²) in [5, 5.41) is 0.877. The van der Waals surface area contributed by atoms with Gasteiger partial charge in [-0.05, 0) is 32.6 Å². The highest BCUT2D eigenvalue weighted by Crippen LogP contribution is 2.30. The van der Waals surface area contributed by atoms with Gasteiger partial charge in [-0.3, -0.25) is 4.79 Å². The first kappa shape index (κ1) is 12.0. The average Bonchev–Trinajstić information content (AvgIpc) is 2.06. The van der Waals surface area contributed by atoms with E-state index in [-0.39, 0.29) is 0 Å². The number of hydrogen-bond donors (Lipinski definition) is 0. The van der Waals surface area contributed by atoms with Crippen LogP contribution in [-0.2, 0) is 4.79 Å². The molecule has 1 fully saturated rings. The highest BCUT2D eigenvalue weighted by molar-refractivity contribution is 9.09. The molecule has 0 aromatic rings. The molecule has 1 aliphatic carbocycles. The van der Waals surface area contributed by atoms with Crippen LogP contribution in [0, 0.1) is 5.92 Å². The zero-order valence-electron chi connectivity index (χ0n) is 9.13. The van der Waals surface area contributed by atoms with Crippen LogP contribution < -0.4 is 0 Å². The van der Waals surface area contributed by atoms with Crippen LogP contribution in [0.1, 0.15) is 39.5 Å². The lowest BCUT2D eigenvalue weighted by Gasteiger charge is -2.31. The van der Waals surface area contributed by atoms with Gasteiger partial charge in [0.05, 0.1) is 0 Å². The molecule has 14 heavy (non-hydrogen) atoms. The third kappa shape index (κ3) is 3.26. The number of amides is 1. The SMILES string of the molecule is CC(C)N(CCBr)C(=O)CC1CCC1. The molecule has 1 amide bonds. The van der Waals surface area contributed by atoms with Gasteiger partial charge in [0.1, 0.15) is 0 Å². The molecule has 0 aliphatic heterocycles. The average molecular weight is 262 g/mol. The molecule has 1 rings (SSSR count). The number of hydrogen-bond acceptors (Lipinski definition) is 1. The van der Waals surface area contributed by atoms with Crippen LogP contribution in [-0.4, -0.2) is 28.7 Å². The molecule has 82 valence electrons. The van der Waals surface area contributed by atoms with Crippen molar-refractivity contribution in [2.24, 2.45) is 5.92 Å². The first-order chi connectivity index (χ1) is 6.65. The molecule has 1 aliphatic rings. The molecular weight excluding hydrogens is 242 g/mol. The van der Waals surface area contributed by atoms with E-state index in [9.17, 15) is 4.79 Å². The lowest BCUT2D eigenvalue weighted by molar-refractivity contribution is -0.134. The third-order valence-electron chi connectivity index (χ3n) is 2.96. The van der Waals surface area contributed by atoms with Gasteiger partial charge in [0.15, 0.2) is 0 Å². The van der Waals surface area contributed by atoms with Crippen LogP contribution in [0.2, 0.25) is 0 Å². The van der Waals surface area contributed by atoms with E-state index in [4.69, 9.17) is 0 Å². The maximum atomic E-state index is 11.9. The minimum atomic E-state index is 0.333. The van der Waals surface area contributed by atoms with E-state index in [2.05, 4.69) is 29.8 Å². The van der Waals surface area contributed by atoms with Crippen molar-refractivity contribution in [2.75, 3.05) is 11.9 Å². The van der Waals surface area contributed by atoms with Crippen LogP contribution in [0.3, 0.4) is 0 Å². The van der Waals surface area contributed by atoms with Crippen LogP contribution in [0.4, 0.5) is 0 Å². The quantitative estimate of drug-likeness (QED) is 0.698. The second-order valence-electron chi connectivity index (χ2n) is 4.37. The Morgan fingerprint density at radius 3 is 2.50 bits per heavy atom. The predicted octanol–water partition coefficient (Wildman–Crippen LogP) is 2.81. The molecule has 0 atom stereocenters. The van der Waals surface area contributed by atoms with Crippen molar-refractivity contribution in [3.05, 3.63) is 0 Å². The molecule has 0 aromatic carbocycles. The minimum absolute atomic E-state index is 0.333. The Labute approximate surface area is 95.2 Å². The van der Waals surface area contributed by atoms with Crippen molar-refractivity contribution in [2.45, 2.75) is 45.6 Å². The van der Waals surface area contributed by atoms with Gasteiger partial charge in [-0.25, -0.2) is 0 Å². The first-order valence-corrected chi connectivity index (χ1v) is 6.62. The second kappa shape index (κ2) is 5.74. The van der Waals surface area contributed by atoms with Gasteiger partial charge in [0, 0.05) is 24.3 Å². The van der Waals surface area contributed by atoms with Gasteiger partial charge in [0.25, 0.3) is 0 Å². The summed E-state index contributed by atoms with van der Waals surface area (Å²) in [5.74, 6) is 1.02. The summed E-state index contributed by atoms with van der Waals surface area (Å²) in [6, 6.07) is 0.333. The number of carbonyl (C=O) groups excluding carboxylic acids is 1. The molecule has 2 nitrogen and oxygen atoms in total. The maximum absolute atomic E-state index is 11.9. The zero-order chi connectivity index (χ0) is 10.6. The van der Waals surface area contributed by atoms with Gasteiger partial charge >= 0.3 is 0 Å². The summed E-state index contributed by atoms with van der Waals surface area (Å²) < 4.78 is 0. The molecule has 0 radical (unpaired) electrons. The van der Waals surface area contributed by atoms with E-state index in [1.54, 1.807) is 0 Å². The van der Waals surface area contributed by atoms with Crippen molar-refractivity contribution in [1.29, 1.82) is 0 Å². The molecule has 1 saturated carbocycles. The lowest BCUT2D eigenvalue weighted by atomic mass is 9.82. The Kier molecular flexibility index (Phi) is 4.93. The molecule has 0 unspecified atom stereocenters. The Morgan fingerprint density at radius 1 is 1.50 bits per heavy atom. The number of rotatable bonds is 5. The molecular formula is C11H20BrNO. The van der Waals surface area contributed by atoms with Gasteiger partial charge < -0.3 is 4.90 Å². The van der Waals surface area contributed by atoms with E-state index in [1.165, 1.54) is 19.3 Å². The van der Waals surface area contributed by atoms with E-state index < -0.39 is 0 Å². The number of alkyl halides is 1. The highest BCUT2D eigenvalue weighted by Gasteiger charge is 2.24. The number of nitrogens with zero attached hydrogens (tertiary/aromatic N) is 1. The summed E-state index contributed by atoms with van der Waals surface area (Å²) in [6.45, 7) is 5.01. The van der Waals surface area contributed by atoms with E-state index in [1.807, 2.05) is 4.90 Å². The molecule has 0 bridgehead atoms. The van der Waals surface area contributed by atoms with Gasteiger partial charge in [-0.2, -0.15) is 0 Å². The molecule has 3 heteroatoms. The summed E-state index contributed by atoms with van der Waals surface area (Å²) in [6.07, 6.45) is 4.60. The molecule has 0 N–H and O–H groups in total. The fourth-order valence-corrected chi connectivity index (χ4v) is 2.21. The van der Waals surface area contributed by atoms with Crippen LogP contribution in [0.15, 0.2) is 0 Å². The van der Waals surface area contributed by atoms with Gasteiger partial charge in [-0.15, -0.1) is 0 Å². The largest absolute Gasteiger partial charge is 0.339 e. The topological polar surface area (TPSA) is 20.3 Å². The van der Waals surface area contributed by atoms with Crippen LogP contribution >= 0.6 is 15.9 Å². The van der Waals surface area contributed by atoms with E-state index in [0.717, 1.165) is 18.3 Å². The smallest absolute Gasteiger partial charge is 0.223 e. The van der Waals surface area contributed by atoms with Gasteiger partial charge in [-0.1, -0.05) is 22.4 Å². The maximum Gasteiger partial charge on any atom is 0.223 e. The van der Waals surface area contributed by atoms with E-state index >= 15 is 0 Å². The first-order valence-electron chi connectivity index (χ1n) is 5.50. The fourth-order valence-electron chi connectivity index (χ4n) is 1.82. The summed E-state index contributed by atoms with van der Waals surface area (Å²) >= 11 is 3.39. The van der Waals surface area contributed by atoms with Crippen molar-refractivity contribution in [1.82, 2.24) is 4.90 Å². The van der Waals surface area contributed by atoms with Crippen molar-refractivity contribution in [3.8, 4) is 0 Å². The summed E-state index contributed by atoms with van der Waals surface area (Å²) in [4.78, 5) is 13.9. The minimum Gasteiger partial charge on any atom is -0.339 e. The zero-order valence-corrected chi connectivity index (χ0v) is 10.7. The van der Waals surface area contributed by atoms with Crippen molar-refractivity contribution < 1.29 is 4.79 Å². The standard InChI is InChI=1S/C11H20BrNO/c1-9(2)13(7-6-12)11(14)8-10-4-3-5-10/h9-10H,3-8H2,1-2H3. The van der Waals surface area contributed by atoms with Gasteiger partial charge in [0.2, 0.25) is 5.91 Å². The molecule has 0 saturated heterocycles. The normalized spacial score (nSPS) is 16.9. The Bertz CT molecular complexity index is 190. The summed E-state index contributed by atoms with van der Waals surface area (Å²) in [7, 11) is 0. The molecule has 0 spiro atoms. The van der Waals surface area contributed by atoms with Crippen molar-refractivity contribution in [3.63, 3.8) is 0 Å². The third-order valence-corrected chi connectivity index (χ3v) is 3.31. The van der Waals surface area contributed by atoms with Crippen LogP contribution in [0.25, 0.3) is 0 Å². The van der Waals surface area contributed by atoms with Crippen LogP contribution in [0.5, 0.6) is 0 Å². The highest BCUT2D eigenvalue weighted by atomic mass is 79.9. The monoisotopic (exact) mass is 261 g/mol. The second-order valence-corrected chi connectivity index (χ2v) is 5.16. The molecule has 0 heterocycles. The Hall–Kier alpha value is -0.0500. The predicted molar refractivity (Wildman–Crippen MR) is 62.6 cm³/mol.